The highest BCUT2D eigenvalue weighted by Crippen LogP contribution is 2.43. The number of carbonyl (C=O) groups is 1. The first-order chi connectivity index (χ1) is 7.93. The molecule has 2 aliphatic rings. The predicted molar refractivity (Wildman–Crippen MR) is 69.8 cm³/mol. The predicted octanol–water partition coefficient (Wildman–Crippen LogP) is 2.16. The summed E-state index contributed by atoms with van der Waals surface area (Å²) < 4.78 is 0. The topological polar surface area (TPSA) is 32.3 Å². The summed E-state index contributed by atoms with van der Waals surface area (Å²) >= 11 is 0. The molecule has 1 aliphatic heterocycles. The van der Waals surface area contributed by atoms with Gasteiger partial charge in [0.15, 0.2) is 0 Å². The Morgan fingerprint density at radius 1 is 1.29 bits per heavy atom. The molecule has 1 saturated carbocycles. The fraction of sp³-hybridized carbons (Fsp3) is 0.929. The fourth-order valence-corrected chi connectivity index (χ4v) is 3.01. The molecule has 1 saturated heterocycles. The quantitative estimate of drug-likeness (QED) is 0.814. The molecule has 0 spiro atoms. The van der Waals surface area contributed by atoms with E-state index in [0.29, 0.717) is 11.9 Å². The maximum Gasteiger partial charge on any atom is 0.240 e. The van der Waals surface area contributed by atoms with Gasteiger partial charge in [-0.3, -0.25) is 4.79 Å². The number of likely N-dealkylation sites (tertiary alicyclic amines) is 1. The second kappa shape index (κ2) is 4.60. The van der Waals surface area contributed by atoms with Crippen LogP contribution in [0.4, 0.5) is 0 Å². The smallest absolute Gasteiger partial charge is 0.240 e. The van der Waals surface area contributed by atoms with Crippen molar-refractivity contribution in [2.45, 2.75) is 71.0 Å². The van der Waals surface area contributed by atoms with Crippen LogP contribution in [0.3, 0.4) is 0 Å². The summed E-state index contributed by atoms with van der Waals surface area (Å²) in [5.74, 6) is 1.05. The van der Waals surface area contributed by atoms with Crippen molar-refractivity contribution in [3.63, 3.8) is 0 Å². The molecular weight excluding hydrogens is 212 g/mol. The molecule has 0 aromatic carbocycles. The molecule has 0 aromatic heterocycles. The standard InChI is InChI=1S/C14H26N2O/c1-10(2)15-12-6-5-9-16(13(12)17)14(3,4)11-7-8-11/h10-12,15H,5-9H2,1-4H3. The zero-order valence-electron chi connectivity index (χ0n) is 11.6. The van der Waals surface area contributed by atoms with Gasteiger partial charge in [0.2, 0.25) is 5.91 Å². The summed E-state index contributed by atoms with van der Waals surface area (Å²) in [5.41, 5.74) is 0.0639. The van der Waals surface area contributed by atoms with E-state index in [1.165, 1.54) is 12.8 Å². The molecule has 3 heteroatoms. The van der Waals surface area contributed by atoms with Crippen molar-refractivity contribution in [3.8, 4) is 0 Å². The highest BCUT2D eigenvalue weighted by Gasteiger charge is 2.46. The summed E-state index contributed by atoms with van der Waals surface area (Å²) in [5, 5.41) is 3.40. The molecule has 2 rings (SSSR count). The average molecular weight is 238 g/mol. The lowest BCUT2D eigenvalue weighted by Crippen LogP contribution is -2.59. The number of amides is 1. The Hall–Kier alpha value is -0.570. The van der Waals surface area contributed by atoms with Gasteiger partial charge in [0.1, 0.15) is 0 Å². The van der Waals surface area contributed by atoms with Crippen LogP contribution >= 0.6 is 0 Å². The summed E-state index contributed by atoms with van der Waals surface area (Å²) in [6.07, 6.45) is 4.71. The lowest BCUT2D eigenvalue weighted by atomic mass is 9.91. The molecule has 1 heterocycles. The molecule has 98 valence electrons. The lowest BCUT2D eigenvalue weighted by molar-refractivity contribution is -0.143. The maximum atomic E-state index is 12.5. The molecule has 17 heavy (non-hydrogen) atoms. The van der Waals surface area contributed by atoms with Gasteiger partial charge in [-0.15, -0.1) is 0 Å². The third-order valence-corrected chi connectivity index (χ3v) is 4.25. The molecular formula is C14H26N2O. The van der Waals surface area contributed by atoms with Crippen LogP contribution in [0, 0.1) is 5.92 Å². The van der Waals surface area contributed by atoms with Gasteiger partial charge in [-0.05, 0) is 45.4 Å². The number of nitrogens with zero attached hydrogens (tertiary/aromatic N) is 1. The summed E-state index contributed by atoms with van der Waals surface area (Å²) in [6.45, 7) is 9.63. The molecule has 0 aromatic rings. The van der Waals surface area contributed by atoms with Crippen LogP contribution in [0.15, 0.2) is 0 Å². The van der Waals surface area contributed by atoms with E-state index < -0.39 is 0 Å². The Kier molecular flexibility index (Phi) is 3.48. The molecule has 0 bridgehead atoms. The molecule has 2 fully saturated rings. The number of rotatable bonds is 4. The Morgan fingerprint density at radius 2 is 1.94 bits per heavy atom. The molecule has 1 aliphatic carbocycles. The number of carbonyl (C=O) groups excluding carboxylic acids is 1. The first-order valence-electron chi connectivity index (χ1n) is 7.00. The Morgan fingerprint density at radius 3 is 2.47 bits per heavy atom. The van der Waals surface area contributed by atoms with E-state index >= 15 is 0 Å². The zero-order chi connectivity index (χ0) is 12.6. The van der Waals surface area contributed by atoms with Crippen molar-refractivity contribution in [1.82, 2.24) is 10.2 Å². The number of hydrogen-bond acceptors (Lipinski definition) is 2. The minimum atomic E-state index is 0.0433. The fourth-order valence-electron chi connectivity index (χ4n) is 3.01. The minimum absolute atomic E-state index is 0.0433. The van der Waals surface area contributed by atoms with E-state index in [2.05, 4.69) is 37.9 Å². The highest BCUT2D eigenvalue weighted by molar-refractivity contribution is 5.83. The van der Waals surface area contributed by atoms with Crippen LogP contribution in [-0.2, 0) is 4.79 Å². The number of hydrogen-bond donors (Lipinski definition) is 1. The van der Waals surface area contributed by atoms with Crippen molar-refractivity contribution in [2.75, 3.05) is 6.54 Å². The largest absolute Gasteiger partial charge is 0.336 e. The Labute approximate surface area is 105 Å². The van der Waals surface area contributed by atoms with Gasteiger partial charge < -0.3 is 10.2 Å². The van der Waals surface area contributed by atoms with E-state index in [9.17, 15) is 4.79 Å². The third kappa shape index (κ3) is 2.65. The molecule has 3 nitrogen and oxygen atoms in total. The van der Waals surface area contributed by atoms with E-state index in [1.807, 2.05) is 0 Å². The van der Waals surface area contributed by atoms with Gasteiger partial charge in [-0.2, -0.15) is 0 Å². The van der Waals surface area contributed by atoms with Gasteiger partial charge >= 0.3 is 0 Å². The lowest BCUT2D eigenvalue weighted by Gasteiger charge is -2.44. The van der Waals surface area contributed by atoms with E-state index in [-0.39, 0.29) is 11.6 Å². The summed E-state index contributed by atoms with van der Waals surface area (Å²) in [4.78, 5) is 14.6. The van der Waals surface area contributed by atoms with Gasteiger partial charge in [-0.25, -0.2) is 0 Å². The number of piperidine rings is 1. The van der Waals surface area contributed by atoms with Crippen molar-refractivity contribution >= 4 is 5.91 Å². The van der Waals surface area contributed by atoms with Crippen molar-refractivity contribution in [1.29, 1.82) is 0 Å². The summed E-state index contributed by atoms with van der Waals surface area (Å²) in [6, 6.07) is 0.426. The van der Waals surface area contributed by atoms with Gasteiger partial charge in [-0.1, -0.05) is 13.8 Å². The van der Waals surface area contributed by atoms with Crippen LogP contribution in [0.2, 0.25) is 0 Å². The molecule has 1 N–H and O–H groups in total. The van der Waals surface area contributed by atoms with Crippen LogP contribution in [-0.4, -0.2) is 35.0 Å². The first kappa shape index (κ1) is 12.9. The Balaban J connectivity index is 2.05. The second-order valence-electron chi connectivity index (χ2n) is 6.43. The average Bonchev–Trinajstić information content (AvgIpc) is 3.03. The normalized spacial score (nSPS) is 26.8. The van der Waals surface area contributed by atoms with Crippen molar-refractivity contribution < 1.29 is 4.79 Å². The SMILES string of the molecule is CC(C)NC1CCCN(C(C)(C)C2CC2)C1=O. The van der Waals surface area contributed by atoms with Crippen LogP contribution in [0.25, 0.3) is 0 Å². The van der Waals surface area contributed by atoms with Crippen LogP contribution in [0.1, 0.15) is 53.4 Å². The second-order valence-corrected chi connectivity index (χ2v) is 6.43. The Bertz CT molecular complexity index is 295. The van der Waals surface area contributed by atoms with Crippen LogP contribution in [0.5, 0.6) is 0 Å². The zero-order valence-corrected chi connectivity index (χ0v) is 11.6. The maximum absolute atomic E-state index is 12.5. The van der Waals surface area contributed by atoms with E-state index in [0.717, 1.165) is 25.3 Å². The molecule has 1 amide bonds. The minimum Gasteiger partial charge on any atom is -0.336 e. The van der Waals surface area contributed by atoms with Gasteiger partial charge in [0, 0.05) is 18.1 Å². The highest BCUT2D eigenvalue weighted by atomic mass is 16.2. The van der Waals surface area contributed by atoms with E-state index in [1.54, 1.807) is 0 Å². The molecule has 1 unspecified atom stereocenters. The summed E-state index contributed by atoms with van der Waals surface area (Å²) in [7, 11) is 0. The molecule has 0 radical (unpaired) electrons. The van der Waals surface area contributed by atoms with Gasteiger partial charge in [0.25, 0.3) is 0 Å². The third-order valence-electron chi connectivity index (χ3n) is 4.25. The monoisotopic (exact) mass is 238 g/mol. The van der Waals surface area contributed by atoms with Gasteiger partial charge in [0.05, 0.1) is 6.04 Å². The van der Waals surface area contributed by atoms with E-state index in [4.69, 9.17) is 0 Å². The van der Waals surface area contributed by atoms with Crippen molar-refractivity contribution in [2.24, 2.45) is 5.92 Å². The number of nitrogens with one attached hydrogen (secondary N) is 1. The van der Waals surface area contributed by atoms with Crippen LogP contribution < -0.4 is 5.32 Å². The molecule has 1 atom stereocenters. The first-order valence-corrected chi connectivity index (χ1v) is 7.00. The van der Waals surface area contributed by atoms with Crippen molar-refractivity contribution in [3.05, 3.63) is 0 Å².